The molecule has 3 heterocycles. The van der Waals surface area contributed by atoms with E-state index in [1.54, 1.807) is 11.0 Å². The first-order chi connectivity index (χ1) is 12.4. The number of hydrogen-bond donors (Lipinski definition) is 1. The molecule has 0 aromatic carbocycles. The highest BCUT2D eigenvalue weighted by molar-refractivity contribution is 5.74. The molecule has 0 aliphatic carbocycles. The van der Waals surface area contributed by atoms with Gasteiger partial charge in [0.05, 0.1) is 6.61 Å². The number of rotatable bonds is 5. The molecule has 1 aliphatic rings. The SMILES string of the molecule is C=CCNC(=O)N1CCC(COc2ccc3nnc(C(F)(F)F)n3n2)C1. The maximum atomic E-state index is 12.9. The fourth-order valence-electron chi connectivity index (χ4n) is 2.65. The Balaban J connectivity index is 1.60. The smallest absolute Gasteiger partial charge is 0.453 e. The first-order valence-corrected chi connectivity index (χ1v) is 7.94. The van der Waals surface area contributed by atoms with E-state index in [0.29, 0.717) is 24.1 Å². The summed E-state index contributed by atoms with van der Waals surface area (Å²) < 4.78 is 44.7. The molecule has 0 spiro atoms. The minimum atomic E-state index is -4.66. The summed E-state index contributed by atoms with van der Waals surface area (Å²) in [4.78, 5) is 13.5. The van der Waals surface area contributed by atoms with Crippen molar-refractivity contribution in [3.63, 3.8) is 0 Å². The minimum Gasteiger partial charge on any atom is -0.476 e. The van der Waals surface area contributed by atoms with Crippen LogP contribution >= 0.6 is 0 Å². The number of urea groups is 1. The molecule has 0 saturated carbocycles. The van der Waals surface area contributed by atoms with E-state index in [0.717, 1.165) is 6.42 Å². The third-order valence-electron chi connectivity index (χ3n) is 3.93. The second-order valence-corrected chi connectivity index (χ2v) is 5.85. The van der Waals surface area contributed by atoms with Gasteiger partial charge in [-0.05, 0) is 12.5 Å². The summed E-state index contributed by atoms with van der Waals surface area (Å²) in [5.41, 5.74) is -0.0180. The standard InChI is InChI=1S/C15H17F3N6O2/c1-2-6-19-14(25)23-7-5-10(8-23)9-26-12-4-3-11-20-21-13(15(16,17)18)24(11)22-12/h2-4,10H,1,5-9H2,(H,19,25). The highest BCUT2D eigenvalue weighted by atomic mass is 19.4. The largest absolute Gasteiger partial charge is 0.476 e. The maximum absolute atomic E-state index is 12.9. The number of fused-ring (bicyclic) bond motifs is 1. The Morgan fingerprint density at radius 1 is 1.42 bits per heavy atom. The number of alkyl halides is 3. The van der Waals surface area contributed by atoms with Gasteiger partial charge in [0.15, 0.2) is 5.65 Å². The minimum absolute atomic E-state index is 0.0180. The number of aromatic nitrogens is 4. The van der Waals surface area contributed by atoms with E-state index in [1.165, 1.54) is 12.1 Å². The van der Waals surface area contributed by atoms with E-state index in [9.17, 15) is 18.0 Å². The van der Waals surface area contributed by atoms with Crippen molar-refractivity contribution < 1.29 is 22.7 Å². The molecule has 11 heteroatoms. The highest BCUT2D eigenvalue weighted by Gasteiger charge is 2.37. The Morgan fingerprint density at radius 2 is 2.23 bits per heavy atom. The lowest BCUT2D eigenvalue weighted by atomic mass is 10.1. The van der Waals surface area contributed by atoms with Gasteiger partial charge in [-0.3, -0.25) is 0 Å². The van der Waals surface area contributed by atoms with Crippen LogP contribution in [0.1, 0.15) is 12.2 Å². The number of likely N-dealkylation sites (tertiary alicyclic amines) is 1. The average molecular weight is 370 g/mol. The Kier molecular flexibility index (Phi) is 4.96. The molecule has 3 rings (SSSR count). The number of ether oxygens (including phenoxy) is 1. The van der Waals surface area contributed by atoms with Gasteiger partial charge in [-0.2, -0.15) is 17.7 Å². The summed E-state index contributed by atoms with van der Waals surface area (Å²) in [7, 11) is 0. The van der Waals surface area contributed by atoms with Crippen LogP contribution < -0.4 is 10.1 Å². The summed E-state index contributed by atoms with van der Waals surface area (Å²) in [6.07, 6.45) is -2.32. The summed E-state index contributed by atoms with van der Waals surface area (Å²) in [5.74, 6) is -1.09. The van der Waals surface area contributed by atoms with Crippen molar-refractivity contribution in [1.29, 1.82) is 0 Å². The summed E-state index contributed by atoms with van der Waals surface area (Å²) in [6.45, 7) is 5.26. The molecule has 1 unspecified atom stereocenters. The predicted octanol–water partition coefficient (Wildman–Crippen LogP) is 1.74. The number of amides is 2. The van der Waals surface area contributed by atoms with Crippen LogP contribution in [0.4, 0.5) is 18.0 Å². The van der Waals surface area contributed by atoms with Gasteiger partial charge in [0.25, 0.3) is 5.82 Å². The van der Waals surface area contributed by atoms with Crippen molar-refractivity contribution in [2.45, 2.75) is 12.6 Å². The average Bonchev–Trinajstić information content (AvgIpc) is 3.23. The van der Waals surface area contributed by atoms with Crippen LogP contribution in [0.5, 0.6) is 5.88 Å². The van der Waals surface area contributed by atoms with Crippen LogP contribution in [0.15, 0.2) is 24.8 Å². The number of carbonyl (C=O) groups excluding carboxylic acids is 1. The molecule has 2 amide bonds. The quantitative estimate of drug-likeness (QED) is 0.811. The first kappa shape index (κ1) is 18.0. The third kappa shape index (κ3) is 3.86. The second kappa shape index (κ2) is 7.18. The molecule has 0 bridgehead atoms. The molecule has 1 aliphatic heterocycles. The number of nitrogens with zero attached hydrogens (tertiary/aromatic N) is 5. The van der Waals surface area contributed by atoms with Gasteiger partial charge in [-0.1, -0.05) is 6.08 Å². The van der Waals surface area contributed by atoms with Crippen LogP contribution in [-0.4, -0.2) is 57.0 Å². The molecule has 8 nitrogen and oxygen atoms in total. The zero-order valence-electron chi connectivity index (χ0n) is 13.7. The monoisotopic (exact) mass is 370 g/mol. The van der Waals surface area contributed by atoms with Crippen molar-refractivity contribution in [2.75, 3.05) is 26.2 Å². The number of carbonyl (C=O) groups is 1. The van der Waals surface area contributed by atoms with Crippen molar-refractivity contribution in [3.05, 3.63) is 30.6 Å². The molecule has 140 valence electrons. The van der Waals surface area contributed by atoms with Crippen LogP contribution in [-0.2, 0) is 6.18 Å². The van der Waals surface area contributed by atoms with Gasteiger partial charge >= 0.3 is 12.2 Å². The highest BCUT2D eigenvalue weighted by Crippen LogP contribution is 2.28. The van der Waals surface area contributed by atoms with E-state index in [1.807, 2.05) is 0 Å². The molecule has 2 aromatic heterocycles. The van der Waals surface area contributed by atoms with Crippen LogP contribution in [0.3, 0.4) is 0 Å². The topological polar surface area (TPSA) is 84.7 Å². The molecular weight excluding hydrogens is 353 g/mol. The summed E-state index contributed by atoms with van der Waals surface area (Å²) in [6, 6.07) is 2.62. The number of nitrogens with one attached hydrogen (secondary N) is 1. The van der Waals surface area contributed by atoms with E-state index in [4.69, 9.17) is 4.74 Å². The van der Waals surface area contributed by atoms with Crippen molar-refractivity contribution in [1.82, 2.24) is 30.0 Å². The van der Waals surface area contributed by atoms with Crippen molar-refractivity contribution >= 4 is 11.7 Å². The Morgan fingerprint density at radius 3 is 2.96 bits per heavy atom. The third-order valence-corrected chi connectivity index (χ3v) is 3.93. The van der Waals surface area contributed by atoms with Gasteiger partial charge in [0, 0.05) is 31.6 Å². The van der Waals surface area contributed by atoms with E-state index < -0.39 is 12.0 Å². The zero-order chi connectivity index (χ0) is 18.7. The molecular formula is C15H17F3N6O2. The van der Waals surface area contributed by atoms with Crippen LogP contribution in [0.25, 0.3) is 5.65 Å². The van der Waals surface area contributed by atoms with E-state index in [2.05, 4.69) is 27.2 Å². The molecule has 1 N–H and O–H groups in total. The van der Waals surface area contributed by atoms with Gasteiger partial charge in [-0.15, -0.1) is 21.9 Å². The zero-order valence-corrected chi connectivity index (χ0v) is 13.7. The van der Waals surface area contributed by atoms with Crippen molar-refractivity contribution in [2.24, 2.45) is 5.92 Å². The van der Waals surface area contributed by atoms with Gasteiger partial charge in [0.2, 0.25) is 5.88 Å². The van der Waals surface area contributed by atoms with Crippen LogP contribution in [0, 0.1) is 5.92 Å². The number of halogens is 3. The predicted molar refractivity (Wildman–Crippen MR) is 84.6 cm³/mol. The second-order valence-electron chi connectivity index (χ2n) is 5.85. The Hall–Kier alpha value is -2.85. The van der Waals surface area contributed by atoms with Crippen molar-refractivity contribution in [3.8, 4) is 5.88 Å². The Labute approximate surface area is 146 Å². The fraction of sp³-hybridized carbons (Fsp3) is 0.467. The summed E-state index contributed by atoms with van der Waals surface area (Å²) >= 11 is 0. The van der Waals surface area contributed by atoms with Gasteiger partial charge in [0.1, 0.15) is 0 Å². The molecule has 1 saturated heterocycles. The van der Waals surface area contributed by atoms with E-state index in [-0.39, 0.29) is 30.1 Å². The maximum Gasteiger partial charge on any atom is 0.453 e. The van der Waals surface area contributed by atoms with Gasteiger partial charge in [-0.25, -0.2) is 4.79 Å². The summed E-state index contributed by atoms with van der Waals surface area (Å²) in [5, 5.41) is 13.0. The fourth-order valence-corrected chi connectivity index (χ4v) is 2.65. The molecule has 1 atom stereocenters. The lowest BCUT2D eigenvalue weighted by Crippen LogP contribution is -2.38. The normalized spacial score (nSPS) is 17.5. The first-order valence-electron chi connectivity index (χ1n) is 7.94. The molecule has 26 heavy (non-hydrogen) atoms. The Bertz CT molecular complexity index is 806. The molecule has 0 radical (unpaired) electrons. The lowest BCUT2D eigenvalue weighted by molar-refractivity contribution is -0.146. The molecule has 1 fully saturated rings. The lowest BCUT2D eigenvalue weighted by Gasteiger charge is -2.17. The van der Waals surface area contributed by atoms with Gasteiger partial charge < -0.3 is 15.0 Å². The number of hydrogen-bond acceptors (Lipinski definition) is 5. The molecule has 2 aromatic rings. The van der Waals surface area contributed by atoms with Crippen LogP contribution in [0.2, 0.25) is 0 Å². The van der Waals surface area contributed by atoms with E-state index >= 15 is 0 Å².